The molecule has 0 aromatic carbocycles. The van der Waals surface area contributed by atoms with Gasteiger partial charge in [0.2, 0.25) is 0 Å². The number of rotatable bonds is 3. The van der Waals surface area contributed by atoms with Crippen LogP contribution in [0, 0.1) is 0 Å². The molecular formula is C12H21N5. The van der Waals surface area contributed by atoms with Gasteiger partial charge in [-0.2, -0.15) is 5.10 Å². The maximum Gasteiger partial charge on any atom is 0.191 e. The first-order chi connectivity index (χ1) is 8.36. The smallest absolute Gasteiger partial charge is 0.191 e. The van der Waals surface area contributed by atoms with Crippen molar-refractivity contribution in [2.24, 2.45) is 10.7 Å². The van der Waals surface area contributed by atoms with Gasteiger partial charge in [-0.3, -0.25) is 9.67 Å². The average Bonchev–Trinajstić information content (AvgIpc) is 2.69. The standard InChI is InChI=1S/C12H21N5/c13-12(16-8-3-1-2-4-9-16)14-7-11-17-10-5-6-15-17/h5-6,10H,1-4,7-9,11H2,(H2,13,14). The first-order valence-corrected chi connectivity index (χ1v) is 6.38. The highest BCUT2D eigenvalue weighted by molar-refractivity contribution is 5.78. The Kier molecular flexibility index (Phi) is 4.41. The highest BCUT2D eigenvalue weighted by atomic mass is 15.3. The molecule has 0 amide bonds. The second kappa shape index (κ2) is 6.27. The molecule has 0 spiro atoms. The van der Waals surface area contributed by atoms with E-state index in [-0.39, 0.29) is 0 Å². The van der Waals surface area contributed by atoms with Gasteiger partial charge >= 0.3 is 0 Å². The number of likely N-dealkylation sites (tertiary alicyclic amines) is 1. The summed E-state index contributed by atoms with van der Waals surface area (Å²) in [6, 6.07) is 1.92. The number of hydrogen-bond donors (Lipinski definition) is 1. The molecule has 0 unspecified atom stereocenters. The molecule has 17 heavy (non-hydrogen) atoms. The molecule has 2 heterocycles. The topological polar surface area (TPSA) is 59.4 Å². The van der Waals surface area contributed by atoms with Crippen molar-refractivity contribution in [3.63, 3.8) is 0 Å². The van der Waals surface area contributed by atoms with E-state index in [1.165, 1.54) is 25.7 Å². The molecule has 5 nitrogen and oxygen atoms in total. The molecule has 0 atom stereocenters. The van der Waals surface area contributed by atoms with Crippen LogP contribution in [0.25, 0.3) is 0 Å². The first-order valence-electron chi connectivity index (χ1n) is 6.38. The van der Waals surface area contributed by atoms with Gasteiger partial charge < -0.3 is 10.6 Å². The van der Waals surface area contributed by atoms with E-state index in [0.29, 0.717) is 12.5 Å². The van der Waals surface area contributed by atoms with Crippen molar-refractivity contribution in [2.75, 3.05) is 19.6 Å². The van der Waals surface area contributed by atoms with Gasteiger partial charge in [-0.1, -0.05) is 12.8 Å². The summed E-state index contributed by atoms with van der Waals surface area (Å²) in [7, 11) is 0. The third-order valence-corrected chi connectivity index (χ3v) is 3.09. The summed E-state index contributed by atoms with van der Waals surface area (Å²) in [6.07, 6.45) is 8.82. The molecular weight excluding hydrogens is 214 g/mol. The van der Waals surface area contributed by atoms with Crippen LogP contribution in [0.5, 0.6) is 0 Å². The van der Waals surface area contributed by atoms with E-state index in [1.807, 2.05) is 16.9 Å². The number of aliphatic imine (C=N–C) groups is 1. The lowest BCUT2D eigenvalue weighted by atomic mass is 10.2. The SMILES string of the molecule is NC(=NCCn1cccn1)N1CCCCCC1. The summed E-state index contributed by atoms with van der Waals surface area (Å²) in [4.78, 5) is 6.63. The molecule has 94 valence electrons. The molecule has 0 aliphatic carbocycles. The third-order valence-electron chi connectivity index (χ3n) is 3.09. The zero-order valence-corrected chi connectivity index (χ0v) is 10.3. The van der Waals surface area contributed by atoms with Crippen LogP contribution in [-0.2, 0) is 6.54 Å². The van der Waals surface area contributed by atoms with Gasteiger partial charge in [0, 0.05) is 25.5 Å². The molecule has 1 fully saturated rings. The fourth-order valence-corrected chi connectivity index (χ4v) is 2.10. The summed E-state index contributed by atoms with van der Waals surface area (Å²) in [5.74, 6) is 0.694. The van der Waals surface area contributed by atoms with Gasteiger partial charge in [0.15, 0.2) is 5.96 Å². The van der Waals surface area contributed by atoms with Crippen LogP contribution in [0.1, 0.15) is 25.7 Å². The highest BCUT2D eigenvalue weighted by Gasteiger charge is 2.10. The molecule has 2 N–H and O–H groups in total. The summed E-state index contributed by atoms with van der Waals surface area (Å²) in [5.41, 5.74) is 6.00. The summed E-state index contributed by atoms with van der Waals surface area (Å²) < 4.78 is 1.87. The lowest BCUT2D eigenvalue weighted by Gasteiger charge is -2.21. The maximum atomic E-state index is 6.00. The van der Waals surface area contributed by atoms with Crippen molar-refractivity contribution >= 4 is 5.96 Å². The van der Waals surface area contributed by atoms with Crippen molar-refractivity contribution in [2.45, 2.75) is 32.2 Å². The van der Waals surface area contributed by atoms with Crippen molar-refractivity contribution in [3.8, 4) is 0 Å². The summed E-state index contributed by atoms with van der Waals surface area (Å²) in [6.45, 7) is 3.60. The summed E-state index contributed by atoms with van der Waals surface area (Å²) in [5, 5.41) is 4.13. The van der Waals surface area contributed by atoms with Crippen LogP contribution < -0.4 is 5.73 Å². The molecule has 2 rings (SSSR count). The summed E-state index contributed by atoms with van der Waals surface area (Å²) >= 11 is 0. The van der Waals surface area contributed by atoms with Crippen molar-refractivity contribution < 1.29 is 0 Å². The Morgan fingerprint density at radius 2 is 2.00 bits per heavy atom. The van der Waals surface area contributed by atoms with E-state index in [2.05, 4.69) is 15.0 Å². The lowest BCUT2D eigenvalue weighted by Crippen LogP contribution is -2.38. The van der Waals surface area contributed by atoms with E-state index in [1.54, 1.807) is 6.20 Å². The first kappa shape index (κ1) is 12.0. The molecule has 1 saturated heterocycles. The van der Waals surface area contributed by atoms with Gasteiger partial charge in [0.05, 0.1) is 13.1 Å². The lowest BCUT2D eigenvalue weighted by molar-refractivity contribution is 0.427. The zero-order valence-electron chi connectivity index (χ0n) is 10.3. The molecule has 1 aliphatic rings. The fourth-order valence-electron chi connectivity index (χ4n) is 2.10. The minimum absolute atomic E-state index is 0.694. The Labute approximate surface area is 102 Å². The Morgan fingerprint density at radius 1 is 1.24 bits per heavy atom. The number of aromatic nitrogens is 2. The Bertz CT molecular complexity index is 336. The molecule has 0 radical (unpaired) electrons. The van der Waals surface area contributed by atoms with Gasteiger partial charge in [0.1, 0.15) is 0 Å². The van der Waals surface area contributed by atoms with Gasteiger partial charge in [-0.15, -0.1) is 0 Å². The zero-order chi connectivity index (χ0) is 11.9. The Morgan fingerprint density at radius 3 is 2.65 bits per heavy atom. The second-order valence-corrected chi connectivity index (χ2v) is 4.41. The molecule has 0 saturated carbocycles. The number of nitrogens with two attached hydrogens (primary N) is 1. The number of hydrogen-bond acceptors (Lipinski definition) is 2. The van der Waals surface area contributed by atoms with Crippen molar-refractivity contribution in [1.29, 1.82) is 0 Å². The molecule has 5 heteroatoms. The van der Waals surface area contributed by atoms with Crippen LogP contribution in [0.15, 0.2) is 23.5 Å². The minimum atomic E-state index is 0.694. The Hall–Kier alpha value is -1.52. The van der Waals surface area contributed by atoms with E-state index in [9.17, 15) is 0 Å². The average molecular weight is 235 g/mol. The van der Waals surface area contributed by atoms with Crippen LogP contribution in [0.3, 0.4) is 0 Å². The van der Waals surface area contributed by atoms with Crippen LogP contribution in [0.2, 0.25) is 0 Å². The predicted molar refractivity (Wildman–Crippen MR) is 68.8 cm³/mol. The minimum Gasteiger partial charge on any atom is -0.370 e. The number of nitrogens with zero attached hydrogens (tertiary/aromatic N) is 4. The van der Waals surface area contributed by atoms with Crippen LogP contribution in [0.4, 0.5) is 0 Å². The maximum absolute atomic E-state index is 6.00. The van der Waals surface area contributed by atoms with E-state index >= 15 is 0 Å². The van der Waals surface area contributed by atoms with Crippen molar-refractivity contribution in [1.82, 2.24) is 14.7 Å². The molecule has 1 aromatic rings. The quantitative estimate of drug-likeness (QED) is 0.630. The fraction of sp³-hybridized carbons (Fsp3) is 0.667. The largest absolute Gasteiger partial charge is 0.370 e. The predicted octanol–water partition coefficient (Wildman–Crippen LogP) is 1.07. The monoisotopic (exact) mass is 235 g/mol. The van der Waals surface area contributed by atoms with E-state index in [0.717, 1.165) is 19.6 Å². The van der Waals surface area contributed by atoms with Crippen LogP contribution >= 0.6 is 0 Å². The molecule has 0 bridgehead atoms. The second-order valence-electron chi connectivity index (χ2n) is 4.41. The Balaban J connectivity index is 1.79. The highest BCUT2D eigenvalue weighted by Crippen LogP contribution is 2.08. The number of guanidine groups is 1. The third kappa shape index (κ3) is 3.76. The van der Waals surface area contributed by atoms with Gasteiger partial charge in [-0.05, 0) is 18.9 Å². The molecule has 1 aliphatic heterocycles. The molecule has 1 aromatic heterocycles. The van der Waals surface area contributed by atoms with Gasteiger partial charge in [-0.25, -0.2) is 0 Å². The van der Waals surface area contributed by atoms with Crippen molar-refractivity contribution in [3.05, 3.63) is 18.5 Å². The van der Waals surface area contributed by atoms with Crippen LogP contribution in [-0.4, -0.2) is 40.3 Å². The van der Waals surface area contributed by atoms with E-state index < -0.39 is 0 Å². The van der Waals surface area contributed by atoms with E-state index in [4.69, 9.17) is 5.73 Å². The van der Waals surface area contributed by atoms with Gasteiger partial charge in [0.25, 0.3) is 0 Å². The normalized spacial score (nSPS) is 18.1.